The third-order valence-corrected chi connectivity index (χ3v) is 6.54. The Kier molecular flexibility index (Phi) is 5.18. The first-order chi connectivity index (χ1) is 12.3. The van der Waals surface area contributed by atoms with E-state index in [1.165, 1.54) is 5.38 Å². The lowest BCUT2D eigenvalue weighted by Crippen LogP contribution is -2.11. The van der Waals surface area contributed by atoms with E-state index in [2.05, 4.69) is 19.4 Å². The van der Waals surface area contributed by atoms with Gasteiger partial charge in [0.05, 0.1) is 23.5 Å². The van der Waals surface area contributed by atoms with Gasteiger partial charge in [-0.25, -0.2) is 13.6 Å². The topological polar surface area (TPSA) is 143 Å². The van der Waals surface area contributed by atoms with Crippen LogP contribution < -0.4 is 15.8 Å². The van der Waals surface area contributed by atoms with Gasteiger partial charge >= 0.3 is 0 Å². The number of aromatic hydroxyl groups is 1. The summed E-state index contributed by atoms with van der Waals surface area (Å²) in [5, 5.41) is 22.7. The molecule has 0 bridgehead atoms. The Morgan fingerprint density at radius 3 is 2.65 bits per heavy atom. The Balaban J connectivity index is 1.82. The molecular formula is C14H17N5O4S3. The van der Waals surface area contributed by atoms with Gasteiger partial charge in [-0.1, -0.05) is 6.92 Å². The normalized spacial score (nSPS) is 12.9. The lowest BCUT2D eigenvalue weighted by Gasteiger charge is -2.15. The van der Waals surface area contributed by atoms with Gasteiger partial charge in [-0.15, -0.1) is 11.3 Å². The second-order valence-electron chi connectivity index (χ2n) is 5.47. The fourth-order valence-corrected chi connectivity index (χ4v) is 4.45. The van der Waals surface area contributed by atoms with E-state index < -0.39 is 15.8 Å². The second-order valence-corrected chi connectivity index (χ2v) is 8.64. The molecule has 0 aliphatic carbocycles. The van der Waals surface area contributed by atoms with Gasteiger partial charge in [0.25, 0.3) is 10.0 Å². The number of sulfonamides is 1. The van der Waals surface area contributed by atoms with Crippen LogP contribution in [0.3, 0.4) is 0 Å². The van der Waals surface area contributed by atoms with Crippen LogP contribution in [-0.4, -0.2) is 22.3 Å². The molecule has 26 heavy (non-hydrogen) atoms. The van der Waals surface area contributed by atoms with Crippen LogP contribution in [0.1, 0.15) is 30.9 Å². The first-order valence-electron chi connectivity index (χ1n) is 7.55. The number of hydrogen-bond donors (Lipinski definition) is 4. The summed E-state index contributed by atoms with van der Waals surface area (Å²) in [5.41, 5.74) is 0.191. The van der Waals surface area contributed by atoms with Gasteiger partial charge in [0.15, 0.2) is 21.6 Å². The van der Waals surface area contributed by atoms with E-state index in [1.807, 2.05) is 26.0 Å². The number of nitrogens with zero attached hydrogens (tertiary/aromatic N) is 2. The Hall–Kier alpha value is -2.15. The van der Waals surface area contributed by atoms with E-state index >= 15 is 0 Å². The number of hydrogen-bond acceptors (Lipinski definition) is 10. The van der Waals surface area contributed by atoms with Gasteiger partial charge in [-0.2, -0.15) is 8.75 Å². The van der Waals surface area contributed by atoms with Crippen LogP contribution in [0, 0.1) is 6.92 Å². The van der Waals surface area contributed by atoms with E-state index in [1.54, 1.807) is 0 Å². The first-order valence-corrected chi connectivity index (χ1v) is 10.7. The lowest BCUT2D eigenvalue weighted by atomic mass is 10.2. The Labute approximate surface area is 158 Å². The quantitative estimate of drug-likeness (QED) is 0.461. The van der Waals surface area contributed by atoms with Gasteiger partial charge in [0.1, 0.15) is 11.5 Å². The highest BCUT2D eigenvalue weighted by molar-refractivity contribution is 7.91. The number of anilines is 3. The maximum atomic E-state index is 11.4. The Bertz CT molecular complexity index is 1010. The number of nitrogens with one attached hydrogen (secondary N) is 2. The molecule has 0 aromatic carbocycles. The molecule has 3 rings (SSSR count). The Morgan fingerprint density at radius 2 is 2.08 bits per heavy atom. The van der Waals surface area contributed by atoms with E-state index in [0.717, 1.165) is 41.0 Å². The zero-order chi connectivity index (χ0) is 18.9. The minimum atomic E-state index is -3.99. The molecule has 1 atom stereocenters. The zero-order valence-electron chi connectivity index (χ0n) is 13.9. The standard InChI is InChI=1S/C14H17N5O4S3/c1-3-8(10-5-4-7(2)23-10)16-12-13(19-25-18-12)17-9-6-24-14(11(9)20)26(15,21)22/h4-6,8,20H,3H2,1-2H3,(H,16,18)(H,17,19)(H2,15,21,22)/t8-/m1/s1. The monoisotopic (exact) mass is 415 g/mol. The molecule has 0 spiro atoms. The van der Waals surface area contributed by atoms with Crippen LogP contribution in [0.15, 0.2) is 26.1 Å². The highest BCUT2D eigenvalue weighted by Gasteiger charge is 2.22. The summed E-state index contributed by atoms with van der Waals surface area (Å²) in [6.07, 6.45) is 0.753. The fourth-order valence-electron chi connectivity index (χ4n) is 2.30. The number of primary sulfonamides is 1. The summed E-state index contributed by atoms with van der Waals surface area (Å²) in [5.74, 6) is 1.99. The summed E-state index contributed by atoms with van der Waals surface area (Å²) >= 11 is 1.80. The van der Waals surface area contributed by atoms with Crippen molar-refractivity contribution in [3.05, 3.63) is 29.0 Å². The predicted octanol–water partition coefficient (Wildman–Crippen LogP) is 3.16. The molecule has 140 valence electrons. The van der Waals surface area contributed by atoms with Gasteiger partial charge in [0, 0.05) is 5.38 Å². The molecular weight excluding hydrogens is 398 g/mol. The molecule has 0 saturated carbocycles. The number of rotatable bonds is 7. The molecule has 3 aromatic heterocycles. The average Bonchev–Trinajstić information content (AvgIpc) is 3.27. The van der Waals surface area contributed by atoms with Crippen molar-refractivity contribution < 1.29 is 17.9 Å². The minimum absolute atomic E-state index is 0.107. The molecule has 0 aliphatic rings. The highest BCUT2D eigenvalue weighted by Crippen LogP contribution is 2.39. The number of aromatic nitrogens is 2. The summed E-state index contributed by atoms with van der Waals surface area (Å²) in [7, 11) is -3.99. The van der Waals surface area contributed by atoms with Crippen molar-refractivity contribution in [2.75, 3.05) is 10.6 Å². The molecule has 0 fully saturated rings. The van der Waals surface area contributed by atoms with Crippen molar-refractivity contribution in [1.29, 1.82) is 0 Å². The fraction of sp³-hybridized carbons (Fsp3) is 0.286. The lowest BCUT2D eigenvalue weighted by molar-refractivity contribution is 0.452. The molecule has 0 amide bonds. The molecule has 5 N–H and O–H groups in total. The van der Waals surface area contributed by atoms with Gasteiger partial charge in [-0.3, -0.25) is 0 Å². The molecule has 3 aromatic rings. The Morgan fingerprint density at radius 1 is 1.35 bits per heavy atom. The van der Waals surface area contributed by atoms with Crippen molar-refractivity contribution in [3.8, 4) is 5.75 Å². The number of aryl methyl sites for hydroxylation is 1. The van der Waals surface area contributed by atoms with E-state index in [-0.39, 0.29) is 15.9 Å². The molecule has 0 radical (unpaired) electrons. The highest BCUT2D eigenvalue weighted by atomic mass is 32.2. The van der Waals surface area contributed by atoms with Crippen LogP contribution in [0.5, 0.6) is 5.75 Å². The summed E-state index contributed by atoms with van der Waals surface area (Å²) < 4.78 is 36.6. The largest absolute Gasteiger partial charge is 0.504 e. The molecule has 9 nitrogen and oxygen atoms in total. The molecule has 12 heteroatoms. The van der Waals surface area contributed by atoms with Gasteiger partial charge < -0.3 is 20.2 Å². The maximum Gasteiger partial charge on any atom is 0.251 e. The minimum Gasteiger partial charge on any atom is -0.504 e. The van der Waals surface area contributed by atoms with E-state index in [0.29, 0.717) is 11.6 Å². The van der Waals surface area contributed by atoms with Gasteiger partial charge in [-0.05, 0) is 25.5 Å². The smallest absolute Gasteiger partial charge is 0.251 e. The number of furan rings is 1. The third-order valence-electron chi connectivity index (χ3n) is 3.56. The second kappa shape index (κ2) is 7.23. The van der Waals surface area contributed by atoms with Crippen molar-refractivity contribution in [3.63, 3.8) is 0 Å². The van der Waals surface area contributed by atoms with Crippen LogP contribution in [0.25, 0.3) is 0 Å². The average molecular weight is 416 g/mol. The zero-order valence-corrected chi connectivity index (χ0v) is 16.3. The molecule has 0 saturated heterocycles. The van der Waals surface area contributed by atoms with E-state index in [4.69, 9.17) is 9.56 Å². The van der Waals surface area contributed by atoms with Crippen molar-refractivity contribution >= 4 is 50.4 Å². The molecule has 0 aliphatic heterocycles. The number of nitrogens with two attached hydrogens (primary N) is 1. The van der Waals surface area contributed by atoms with Crippen LogP contribution >= 0.6 is 23.1 Å². The maximum absolute atomic E-state index is 11.4. The summed E-state index contributed by atoms with van der Waals surface area (Å²) in [4.78, 5) is 0. The molecule has 0 unspecified atom stereocenters. The molecule has 3 heterocycles. The van der Waals surface area contributed by atoms with Crippen molar-refractivity contribution in [2.45, 2.75) is 30.5 Å². The third kappa shape index (κ3) is 3.82. The van der Waals surface area contributed by atoms with Crippen LogP contribution in [0.2, 0.25) is 0 Å². The van der Waals surface area contributed by atoms with Crippen LogP contribution in [0.4, 0.5) is 17.3 Å². The van der Waals surface area contributed by atoms with Crippen molar-refractivity contribution in [2.24, 2.45) is 5.14 Å². The van der Waals surface area contributed by atoms with Gasteiger partial charge in [0.2, 0.25) is 0 Å². The number of thiophene rings is 1. The predicted molar refractivity (Wildman–Crippen MR) is 101 cm³/mol. The van der Waals surface area contributed by atoms with Crippen LogP contribution in [-0.2, 0) is 10.0 Å². The first kappa shape index (κ1) is 18.6. The SMILES string of the molecule is CC[C@@H](Nc1nsnc1Nc1csc(S(N)(=O)=O)c1O)c1ccc(C)o1. The summed E-state index contributed by atoms with van der Waals surface area (Å²) in [6.45, 7) is 3.88. The summed E-state index contributed by atoms with van der Waals surface area (Å²) in [6, 6.07) is 3.67. The van der Waals surface area contributed by atoms with Crippen molar-refractivity contribution in [1.82, 2.24) is 8.75 Å². The van der Waals surface area contributed by atoms with E-state index in [9.17, 15) is 13.5 Å².